The van der Waals surface area contributed by atoms with E-state index < -0.39 is 11.9 Å². The number of esters is 1. The number of aliphatic carboxylic acids is 1. The molecule has 0 aliphatic carbocycles. The Labute approximate surface area is 61.2 Å². The van der Waals surface area contributed by atoms with Gasteiger partial charge in [0.1, 0.15) is 0 Å². The number of furan rings is 1. The standard InChI is InChI=1S/C6H4O5/c7-5(8)6(9)11-4-2-1-3-10-4/h1-3H,(H,7,8). The van der Waals surface area contributed by atoms with Crippen molar-refractivity contribution >= 4 is 11.9 Å². The van der Waals surface area contributed by atoms with Gasteiger partial charge in [0.2, 0.25) is 0 Å². The highest BCUT2D eigenvalue weighted by molar-refractivity contribution is 6.29. The fourth-order valence-electron chi connectivity index (χ4n) is 0.457. The van der Waals surface area contributed by atoms with Crippen LogP contribution in [0, 0.1) is 0 Å². The zero-order chi connectivity index (χ0) is 8.27. The molecule has 0 saturated heterocycles. The number of carboxylic acids is 1. The van der Waals surface area contributed by atoms with Crippen LogP contribution in [0.2, 0.25) is 0 Å². The maximum absolute atomic E-state index is 10.3. The lowest BCUT2D eigenvalue weighted by Gasteiger charge is -1.92. The van der Waals surface area contributed by atoms with Crippen LogP contribution in [0.25, 0.3) is 0 Å². The van der Waals surface area contributed by atoms with Crippen LogP contribution in [-0.2, 0) is 9.59 Å². The molecule has 0 amide bonds. The maximum Gasteiger partial charge on any atom is 0.425 e. The summed E-state index contributed by atoms with van der Waals surface area (Å²) < 4.78 is 8.76. The number of ether oxygens (including phenoxy) is 1. The van der Waals surface area contributed by atoms with Crippen molar-refractivity contribution in [2.75, 3.05) is 0 Å². The van der Waals surface area contributed by atoms with Crippen LogP contribution in [0.1, 0.15) is 0 Å². The Morgan fingerprint density at radius 1 is 1.55 bits per heavy atom. The summed E-state index contributed by atoms with van der Waals surface area (Å²) in [5.74, 6) is -3.14. The molecule has 1 heterocycles. The van der Waals surface area contributed by atoms with Crippen LogP contribution in [0.5, 0.6) is 5.95 Å². The predicted molar refractivity (Wildman–Crippen MR) is 32.0 cm³/mol. The largest absolute Gasteiger partial charge is 0.473 e. The lowest BCUT2D eigenvalue weighted by molar-refractivity contribution is -0.158. The summed E-state index contributed by atoms with van der Waals surface area (Å²) in [4.78, 5) is 20.2. The summed E-state index contributed by atoms with van der Waals surface area (Å²) in [5.41, 5.74) is 0. The highest BCUT2D eigenvalue weighted by Gasteiger charge is 2.14. The maximum atomic E-state index is 10.3. The van der Waals surface area contributed by atoms with Gasteiger partial charge in [0, 0.05) is 6.07 Å². The molecule has 1 N–H and O–H groups in total. The summed E-state index contributed by atoms with van der Waals surface area (Å²) in [6.07, 6.45) is 1.27. The Bertz CT molecular complexity index is 261. The van der Waals surface area contributed by atoms with Crippen LogP contribution in [0.4, 0.5) is 0 Å². The molecule has 0 spiro atoms. The van der Waals surface area contributed by atoms with Gasteiger partial charge in [-0.3, -0.25) is 0 Å². The van der Waals surface area contributed by atoms with E-state index in [-0.39, 0.29) is 5.95 Å². The lowest BCUT2D eigenvalue weighted by atomic mass is 10.6. The first kappa shape index (κ1) is 7.33. The fraction of sp³-hybridized carbons (Fsp3) is 0. The molecular formula is C6H4O5. The van der Waals surface area contributed by atoms with Crippen LogP contribution in [-0.4, -0.2) is 17.0 Å². The number of rotatable bonds is 1. The van der Waals surface area contributed by atoms with Crippen LogP contribution >= 0.6 is 0 Å². The van der Waals surface area contributed by atoms with Crippen LogP contribution < -0.4 is 4.74 Å². The zero-order valence-corrected chi connectivity index (χ0v) is 5.31. The third-order valence-electron chi connectivity index (χ3n) is 0.863. The van der Waals surface area contributed by atoms with Gasteiger partial charge in [0.05, 0.1) is 6.26 Å². The normalized spacial score (nSPS) is 9.09. The average molecular weight is 156 g/mol. The second-order valence-corrected chi connectivity index (χ2v) is 1.63. The third-order valence-corrected chi connectivity index (χ3v) is 0.863. The Morgan fingerprint density at radius 2 is 2.27 bits per heavy atom. The quantitative estimate of drug-likeness (QED) is 0.466. The topological polar surface area (TPSA) is 76.7 Å². The first-order chi connectivity index (χ1) is 5.20. The molecule has 0 saturated carbocycles. The fourth-order valence-corrected chi connectivity index (χ4v) is 0.457. The monoisotopic (exact) mass is 156 g/mol. The number of hydrogen-bond donors (Lipinski definition) is 1. The predicted octanol–water partition coefficient (Wildman–Crippen LogP) is 0.270. The minimum atomic E-state index is -1.65. The van der Waals surface area contributed by atoms with Gasteiger partial charge in [-0.05, 0) is 6.07 Å². The Morgan fingerprint density at radius 3 is 2.73 bits per heavy atom. The summed E-state index contributed by atoms with van der Waals surface area (Å²) in [7, 11) is 0. The summed E-state index contributed by atoms with van der Waals surface area (Å²) >= 11 is 0. The summed E-state index contributed by atoms with van der Waals surface area (Å²) in [6.45, 7) is 0. The molecule has 0 aromatic carbocycles. The molecule has 0 bridgehead atoms. The van der Waals surface area contributed by atoms with Crippen molar-refractivity contribution < 1.29 is 23.8 Å². The highest BCUT2D eigenvalue weighted by atomic mass is 16.6. The number of carboxylic acid groups (broad SMARTS) is 1. The Balaban J connectivity index is 2.57. The van der Waals surface area contributed by atoms with Crippen molar-refractivity contribution in [2.24, 2.45) is 0 Å². The van der Waals surface area contributed by atoms with E-state index in [1.807, 2.05) is 0 Å². The van der Waals surface area contributed by atoms with Crippen LogP contribution in [0.15, 0.2) is 22.8 Å². The van der Waals surface area contributed by atoms with E-state index in [9.17, 15) is 9.59 Å². The molecule has 5 nitrogen and oxygen atoms in total. The van der Waals surface area contributed by atoms with Crippen molar-refractivity contribution in [3.63, 3.8) is 0 Å². The number of carbonyl (C=O) groups is 2. The zero-order valence-electron chi connectivity index (χ0n) is 5.31. The van der Waals surface area contributed by atoms with E-state index in [4.69, 9.17) is 5.11 Å². The molecule has 0 fully saturated rings. The van der Waals surface area contributed by atoms with Crippen molar-refractivity contribution in [1.82, 2.24) is 0 Å². The van der Waals surface area contributed by atoms with E-state index in [1.165, 1.54) is 18.4 Å². The van der Waals surface area contributed by atoms with E-state index in [1.54, 1.807) is 0 Å². The third kappa shape index (κ3) is 1.82. The Kier molecular flexibility index (Phi) is 1.91. The molecule has 1 aromatic rings. The molecule has 0 atom stereocenters. The first-order valence-corrected chi connectivity index (χ1v) is 2.69. The van der Waals surface area contributed by atoms with E-state index >= 15 is 0 Å². The molecule has 58 valence electrons. The lowest BCUT2D eigenvalue weighted by Crippen LogP contribution is -2.18. The van der Waals surface area contributed by atoms with Gasteiger partial charge in [-0.2, -0.15) is 0 Å². The molecule has 0 aliphatic rings. The highest BCUT2D eigenvalue weighted by Crippen LogP contribution is 2.09. The minimum Gasteiger partial charge on any atom is -0.473 e. The van der Waals surface area contributed by atoms with Gasteiger partial charge in [-0.1, -0.05) is 0 Å². The van der Waals surface area contributed by atoms with Crippen molar-refractivity contribution in [2.45, 2.75) is 0 Å². The van der Waals surface area contributed by atoms with Gasteiger partial charge >= 0.3 is 11.9 Å². The van der Waals surface area contributed by atoms with E-state index in [0.717, 1.165) is 0 Å². The van der Waals surface area contributed by atoms with Gasteiger partial charge in [-0.15, -0.1) is 0 Å². The second-order valence-electron chi connectivity index (χ2n) is 1.63. The SMILES string of the molecule is O=C(O)C(=O)Oc1ccco1. The van der Waals surface area contributed by atoms with Crippen molar-refractivity contribution in [3.8, 4) is 5.95 Å². The minimum absolute atomic E-state index is 0.127. The molecule has 1 aromatic heterocycles. The van der Waals surface area contributed by atoms with Gasteiger partial charge in [0.25, 0.3) is 5.95 Å². The molecule has 0 radical (unpaired) electrons. The number of hydrogen-bond acceptors (Lipinski definition) is 4. The van der Waals surface area contributed by atoms with E-state index in [0.29, 0.717) is 0 Å². The molecule has 0 unspecified atom stereocenters. The van der Waals surface area contributed by atoms with E-state index in [2.05, 4.69) is 9.15 Å². The first-order valence-electron chi connectivity index (χ1n) is 2.69. The summed E-state index contributed by atoms with van der Waals surface area (Å²) in [6, 6.07) is 2.81. The Hall–Kier alpha value is -1.78. The molecule has 11 heavy (non-hydrogen) atoms. The number of carbonyl (C=O) groups excluding carboxylic acids is 1. The molecule has 5 heteroatoms. The smallest absolute Gasteiger partial charge is 0.425 e. The molecule has 1 rings (SSSR count). The second kappa shape index (κ2) is 2.87. The van der Waals surface area contributed by atoms with Crippen molar-refractivity contribution in [3.05, 3.63) is 18.4 Å². The van der Waals surface area contributed by atoms with Crippen LogP contribution in [0.3, 0.4) is 0 Å². The molecular weight excluding hydrogens is 152 g/mol. The van der Waals surface area contributed by atoms with Gasteiger partial charge in [0.15, 0.2) is 0 Å². The summed E-state index contributed by atoms with van der Waals surface area (Å²) in [5, 5.41) is 8.06. The van der Waals surface area contributed by atoms with Gasteiger partial charge in [-0.25, -0.2) is 9.59 Å². The van der Waals surface area contributed by atoms with Gasteiger partial charge < -0.3 is 14.3 Å². The van der Waals surface area contributed by atoms with Crippen molar-refractivity contribution in [1.29, 1.82) is 0 Å². The average Bonchev–Trinajstić information content (AvgIpc) is 2.39. The molecule has 0 aliphatic heterocycles.